The lowest BCUT2D eigenvalue weighted by Gasteiger charge is -2.07. The van der Waals surface area contributed by atoms with Crippen molar-refractivity contribution in [1.29, 1.82) is 0 Å². The number of nitrogens with two attached hydrogens (primary N) is 1. The molecule has 0 aromatic heterocycles. The lowest BCUT2D eigenvalue weighted by molar-refractivity contribution is -0.143. The Labute approximate surface area is 73.3 Å². The number of rotatable bonds is 4. The Morgan fingerprint density at radius 3 is 2.92 bits per heavy atom. The van der Waals surface area contributed by atoms with Crippen LogP contribution in [0.3, 0.4) is 0 Å². The van der Waals surface area contributed by atoms with Crippen LogP contribution >= 0.6 is 0 Å². The molecular weight excluding hydrogens is 154 g/mol. The van der Waals surface area contributed by atoms with Crippen LogP contribution in [0.25, 0.3) is 0 Å². The highest BCUT2D eigenvalue weighted by Gasteiger charge is 2.57. The van der Waals surface area contributed by atoms with Crippen LogP contribution in [-0.4, -0.2) is 18.6 Å². The maximum atomic E-state index is 11.1. The molecule has 1 fully saturated rings. The number of esters is 1. The Morgan fingerprint density at radius 1 is 1.75 bits per heavy atom. The van der Waals surface area contributed by atoms with E-state index in [2.05, 4.69) is 11.7 Å². The van der Waals surface area contributed by atoms with E-state index < -0.39 is 5.54 Å². The molecule has 0 aliphatic heterocycles. The minimum Gasteiger partial charge on any atom is -0.468 e. The quantitative estimate of drug-likeness (QED) is 0.644. The summed E-state index contributed by atoms with van der Waals surface area (Å²) in [5.41, 5.74) is 5.18. The summed E-state index contributed by atoms with van der Waals surface area (Å²) in [6.45, 7) is 2.14. The van der Waals surface area contributed by atoms with Crippen LogP contribution in [0.15, 0.2) is 0 Å². The van der Waals surface area contributed by atoms with E-state index in [1.165, 1.54) is 7.11 Å². The van der Waals surface area contributed by atoms with E-state index in [9.17, 15) is 4.79 Å². The van der Waals surface area contributed by atoms with Gasteiger partial charge in [-0.05, 0) is 18.8 Å². The molecule has 0 unspecified atom stereocenters. The van der Waals surface area contributed by atoms with E-state index in [0.717, 1.165) is 25.7 Å². The van der Waals surface area contributed by atoms with E-state index in [1.807, 2.05) is 0 Å². The summed E-state index contributed by atoms with van der Waals surface area (Å²) in [5.74, 6) is 0.119. The van der Waals surface area contributed by atoms with Crippen molar-refractivity contribution in [3.63, 3.8) is 0 Å². The molecule has 1 rings (SSSR count). The number of hydrogen-bond acceptors (Lipinski definition) is 3. The highest BCUT2D eigenvalue weighted by molar-refractivity contribution is 5.84. The Kier molecular flexibility index (Phi) is 2.73. The van der Waals surface area contributed by atoms with E-state index in [0.29, 0.717) is 5.92 Å². The second-order valence-corrected chi connectivity index (χ2v) is 3.58. The minimum absolute atomic E-state index is 0.247. The van der Waals surface area contributed by atoms with Crippen LogP contribution in [0.2, 0.25) is 0 Å². The van der Waals surface area contributed by atoms with Crippen LogP contribution in [0.5, 0.6) is 0 Å². The standard InChI is InChI=1S/C9H17NO2/c1-3-4-5-7-6-9(7,10)8(11)12-2/h7H,3-6,10H2,1-2H3/t7-,9+/m0/s1. The third-order valence-corrected chi connectivity index (χ3v) is 2.62. The molecule has 2 atom stereocenters. The first kappa shape index (κ1) is 9.52. The molecule has 0 aromatic carbocycles. The van der Waals surface area contributed by atoms with Crippen molar-refractivity contribution in [3.05, 3.63) is 0 Å². The molecule has 0 amide bonds. The fourth-order valence-corrected chi connectivity index (χ4v) is 1.60. The van der Waals surface area contributed by atoms with Crippen molar-refractivity contribution in [2.45, 2.75) is 38.1 Å². The van der Waals surface area contributed by atoms with Crippen molar-refractivity contribution in [2.75, 3.05) is 7.11 Å². The molecule has 70 valence electrons. The van der Waals surface area contributed by atoms with Crippen molar-refractivity contribution < 1.29 is 9.53 Å². The smallest absolute Gasteiger partial charge is 0.326 e. The predicted molar refractivity (Wildman–Crippen MR) is 46.6 cm³/mol. The predicted octanol–water partition coefficient (Wildman–Crippen LogP) is 1.07. The topological polar surface area (TPSA) is 52.3 Å². The number of methoxy groups -OCH3 is 1. The Morgan fingerprint density at radius 2 is 2.42 bits per heavy atom. The van der Waals surface area contributed by atoms with Crippen LogP contribution in [0, 0.1) is 5.92 Å². The molecule has 1 aliphatic rings. The average molecular weight is 171 g/mol. The molecule has 1 aliphatic carbocycles. The summed E-state index contributed by atoms with van der Waals surface area (Å²) in [6.07, 6.45) is 4.18. The van der Waals surface area contributed by atoms with Gasteiger partial charge in [0.15, 0.2) is 0 Å². The van der Waals surface area contributed by atoms with Gasteiger partial charge in [-0.2, -0.15) is 0 Å². The summed E-state index contributed by atoms with van der Waals surface area (Å²) in [6, 6.07) is 0. The van der Waals surface area contributed by atoms with Crippen molar-refractivity contribution in [1.82, 2.24) is 0 Å². The average Bonchev–Trinajstić information content (AvgIpc) is 2.74. The van der Waals surface area contributed by atoms with Crippen LogP contribution in [0.4, 0.5) is 0 Å². The van der Waals surface area contributed by atoms with Gasteiger partial charge in [-0.1, -0.05) is 19.8 Å². The molecule has 1 saturated carbocycles. The first-order valence-corrected chi connectivity index (χ1v) is 4.52. The number of carbonyl (C=O) groups is 1. The first-order valence-electron chi connectivity index (χ1n) is 4.52. The van der Waals surface area contributed by atoms with Gasteiger partial charge in [-0.15, -0.1) is 0 Å². The van der Waals surface area contributed by atoms with Gasteiger partial charge in [-0.25, -0.2) is 0 Å². The number of carbonyl (C=O) groups excluding carboxylic acids is 1. The summed E-state index contributed by atoms with van der Waals surface area (Å²) >= 11 is 0. The molecule has 0 saturated heterocycles. The fraction of sp³-hybridized carbons (Fsp3) is 0.889. The van der Waals surface area contributed by atoms with E-state index >= 15 is 0 Å². The third-order valence-electron chi connectivity index (χ3n) is 2.62. The van der Waals surface area contributed by atoms with E-state index in [4.69, 9.17) is 5.73 Å². The number of unbranched alkanes of at least 4 members (excludes halogenated alkanes) is 1. The Hall–Kier alpha value is -0.570. The summed E-state index contributed by atoms with van der Waals surface area (Å²) in [7, 11) is 1.39. The third kappa shape index (κ3) is 1.61. The van der Waals surface area contributed by atoms with Gasteiger partial charge in [0.25, 0.3) is 0 Å². The number of hydrogen-bond donors (Lipinski definition) is 1. The molecule has 12 heavy (non-hydrogen) atoms. The van der Waals surface area contributed by atoms with Crippen molar-refractivity contribution in [3.8, 4) is 0 Å². The molecule has 0 bridgehead atoms. The number of ether oxygens (including phenoxy) is 1. The highest BCUT2D eigenvalue weighted by atomic mass is 16.5. The van der Waals surface area contributed by atoms with Crippen molar-refractivity contribution >= 4 is 5.97 Å². The maximum absolute atomic E-state index is 11.1. The second-order valence-electron chi connectivity index (χ2n) is 3.58. The Bertz CT molecular complexity index is 181. The second kappa shape index (κ2) is 3.44. The first-order chi connectivity index (χ1) is 5.65. The minimum atomic E-state index is -0.635. The SMILES string of the molecule is CCCC[C@H]1C[C@]1(N)C(=O)OC. The molecule has 0 aromatic rings. The van der Waals surface area contributed by atoms with E-state index in [1.54, 1.807) is 0 Å². The zero-order valence-electron chi connectivity index (χ0n) is 7.80. The van der Waals surface area contributed by atoms with E-state index in [-0.39, 0.29) is 5.97 Å². The van der Waals surface area contributed by atoms with Gasteiger partial charge in [0, 0.05) is 0 Å². The zero-order chi connectivity index (χ0) is 9.19. The van der Waals surface area contributed by atoms with Crippen LogP contribution in [0.1, 0.15) is 32.6 Å². The molecular formula is C9H17NO2. The fourth-order valence-electron chi connectivity index (χ4n) is 1.60. The van der Waals surface area contributed by atoms with Crippen LogP contribution in [-0.2, 0) is 9.53 Å². The Balaban J connectivity index is 2.32. The van der Waals surface area contributed by atoms with Gasteiger partial charge in [0.2, 0.25) is 0 Å². The normalized spacial score (nSPS) is 33.1. The van der Waals surface area contributed by atoms with Gasteiger partial charge < -0.3 is 10.5 Å². The maximum Gasteiger partial charge on any atom is 0.326 e. The molecule has 0 radical (unpaired) electrons. The van der Waals surface area contributed by atoms with Gasteiger partial charge >= 0.3 is 5.97 Å². The summed E-state index contributed by atoms with van der Waals surface area (Å²) in [4.78, 5) is 11.1. The molecule has 0 spiro atoms. The highest BCUT2D eigenvalue weighted by Crippen LogP contribution is 2.45. The monoisotopic (exact) mass is 171 g/mol. The summed E-state index contributed by atoms with van der Waals surface area (Å²) in [5, 5.41) is 0. The van der Waals surface area contributed by atoms with Gasteiger partial charge in [0.1, 0.15) is 5.54 Å². The van der Waals surface area contributed by atoms with Gasteiger partial charge in [0.05, 0.1) is 7.11 Å². The zero-order valence-corrected chi connectivity index (χ0v) is 7.80. The lowest BCUT2D eigenvalue weighted by Crippen LogP contribution is -2.36. The molecule has 3 nitrogen and oxygen atoms in total. The van der Waals surface area contributed by atoms with Crippen LogP contribution < -0.4 is 5.73 Å². The molecule has 0 heterocycles. The van der Waals surface area contributed by atoms with Crippen molar-refractivity contribution in [2.24, 2.45) is 11.7 Å². The molecule has 3 heteroatoms. The largest absolute Gasteiger partial charge is 0.468 e. The lowest BCUT2D eigenvalue weighted by atomic mass is 10.1. The molecule has 2 N–H and O–H groups in total. The summed E-state index contributed by atoms with van der Waals surface area (Å²) < 4.78 is 4.62. The van der Waals surface area contributed by atoms with Gasteiger partial charge in [-0.3, -0.25) is 4.79 Å².